The lowest BCUT2D eigenvalue weighted by molar-refractivity contribution is -0.111. The van der Waals surface area contributed by atoms with Crippen LogP contribution in [0.4, 0.5) is 5.82 Å². The molecular formula is C29H28ClN3O3. The number of nitrogens with one attached hydrogen (secondary N) is 1. The van der Waals surface area contributed by atoms with Gasteiger partial charge in [-0.05, 0) is 60.9 Å². The number of nitrogens with zero attached hydrogens (tertiary/aromatic N) is 2. The largest absolute Gasteiger partial charge is 0.496 e. The van der Waals surface area contributed by atoms with E-state index in [0.717, 1.165) is 39.4 Å². The van der Waals surface area contributed by atoms with Crippen LogP contribution in [0.15, 0.2) is 78.9 Å². The predicted octanol–water partition coefficient (Wildman–Crippen LogP) is 6.44. The van der Waals surface area contributed by atoms with E-state index in [1.807, 2.05) is 91.3 Å². The van der Waals surface area contributed by atoms with Gasteiger partial charge < -0.3 is 14.8 Å². The fraction of sp³-hybridized carbons (Fsp3) is 0.172. The van der Waals surface area contributed by atoms with Crippen LogP contribution in [0.5, 0.6) is 11.5 Å². The van der Waals surface area contributed by atoms with E-state index in [0.29, 0.717) is 24.0 Å². The third kappa shape index (κ3) is 6.34. The molecule has 1 heterocycles. The SMILES string of the molecule is COc1ccc(/C=C/C(=O)Nc2cc(C)n(Cc3ccccc3Cl)n2)cc1COc1ccccc1C. The molecular weight excluding hydrogens is 474 g/mol. The van der Waals surface area contributed by atoms with Crippen LogP contribution in [0.1, 0.15) is 27.9 Å². The van der Waals surface area contributed by atoms with Gasteiger partial charge in [-0.3, -0.25) is 9.48 Å². The normalized spacial score (nSPS) is 11.0. The van der Waals surface area contributed by atoms with Crippen molar-refractivity contribution < 1.29 is 14.3 Å². The molecule has 36 heavy (non-hydrogen) atoms. The Morgan fingerprint density at radius 3 is 2.56 bits per heavy atom. The molecule has 0 radical (unpaired) electrons. The highest BCUT2D eigenvalue weighted by atomic mass is 35.5. The zero-order valence-corrected chi connectivity index (χ0v) is 21.3. The summed E-state index contributed by atoms with van der Waals surface area (Å²) in [7, 11) is 1.63. The quantitative estimate of drug-likeness (QED) is 0.268. The number of hydrogen-bond donors (Lipinski definition) is 1. The number of amides is 1. The van der Waals surface area contributed by atoms with E-state index in [1.165, 1.54) is 6.08 Å². The fourth-order valence-electron chi connectivity index (χ4n) is 3.75. The maximum absolute atomic E-state index is 12.6. The predicted molar refractivity (Wildman–Crippen MR) is 144 cm³/mol. The minimum absolute atomic E-state index is 0.272. The summed E-state index contributed by atoms with van der Waals surface area (Å²) in [5.41, 5.74) is 4.69. The number of rotatable bonds is 9. The Morgan fingerprint density at radius 2 is 1.78 bits per heavy atom. The smallest absolute Gasteiger partial charge is 0.249 e. The molecule has 0 aliphatic rings. The van der Waals surface area contributed by atoms with Gasteiger partial charge in [0.05, 0.1) is 13.7 Å². The Hall–Kier alpha value is -4.03. The standard InChI is InChI=1S/C29H28ClN3O3/c1-20-8-4-7-11-26(20)36-19-24-17-22(12-14-27(24)35-3)13-15-29(34)31-28-16-21(2)33(32-28)18-23-9-5-6-10-25(23)30/h4-17H,18-19H2,1-3H3,(H,31,32,34)/b15-13+. The Bertz CT molecular complexity index is 1390. The van der Waals surface area contributed by atoms with Crippen molar-refractivity contribution in [1.29, 1.82) is 0 Å². The third-order valence-electron chi connectivity index (χ3n) is 5.72. The van der Waals surface area contributed by atoms with E-state index in [1.54, 1.807) is 13.2 Å². The number of aryl methyl sites for hydroxylation is 2. The molecule has 6 nitrogen and oxygen atoms in total. The second-order valence-electron chi connectivity index (χ2n) is 8.37. The van der Waals surface area contributed by atoms with E-state index >= 15 is 0 Å². The first-order valence-electron chi connectivity index (χ1n) is 11.5. The second kappa shape index (κ2) is 11.6. The van der Waals surface area contributed by atoms with Gasteiger partial charge in [-0.25, -0.2) is 0 Å². The molecule has 1 amide bonds. The number of anilines is 1. The lowest BCUT2D eigenvalue weighted by atomic mass is 10.1. The third-order valence-corrected chi connectivity index (χ3v) is 6.09. The molecule has 0 aliphatic carbocycles. The molecule has 1 aromatic heterocycles. The highest BCUT2D eigenvalue weighted by Gasteiger charge is 2.10. The van der Waals surface area contributed by atoms with Crippen molar-refractivity contribution in [2.45, 2.75) is 27.0 Å². The first-order chi connectivity index (χ1) is 17.4. The number of hydrogen-bond acceptors (Lipinski definition) is 4. The van der Waals surface area contributed by atoms with E-state index in [-0.39, 0.29) is 5.91 Å². The lowest BCUT2D eigenvalue weighted by Gasteiger charge is -2.12. The van der Waals surface area contributed by atoms with E-state index in [9.17, 15) is 4.79 Å². The zero-order valence-electron chi connectivity index (χ0n) is 20.5. The molecule has 1 N–H and O–H groups in total. The number of carbonyl (C=O) groups excluding carboxylic acids is 1. The summed E-state index contributed by atoms with van der Waals surface area (Å²) in [5, 5.41) is 8.01. The lowest BCUT2D eigenvalue weighted by Crippen LogP contribution is -2.10. The molecule has 4 rings (SSSR count). The molecule has 0 bridgehead atoms. The van der Waals surface area contributed by atoms with Crippen LogP contribution in [0.2, 0.25) is 5.02 Å². The van der Waals surface area contributed by atoms with Crippen molar-refractivity contribution in [2.24, 2.45) is 0 Å². The molecule has 0 atom stereocenters. The van der Waals surface area contributed by atoms with Crippen LogP contribution in [0.25, 0.3) is 6.08 Å². The average Bonchev–Trinajstić information content (AvgIpc) is 3.21. The van der Waals surface area contributed by atoms with Gasteiger partial charge in [0.15, 0.2) is 5.82 Å². The van der Waals surface area contributed by atoms with Gasteiger partial charge in [0.1, 0.15) is 18.1 Å². The Kier molecular flexibility index (Phi) is 8.08. The Balaban J connectivity index is 1.41. The van der Waals surface area contributed by atoms with E-state index in [4.69, 9.17) is 21.1 Å². The van der Waals surface area contributed by atoms with Crippen molar-refractivity contribution in [3.8, 4) is 11.5 Å². The number of methoxy groups -OCH3 is 1. The van der Waals surface area contributed by atoms with E-state index in [2.05, 4.69) is 10.4 Å². The van der Waals surface area contributed by atoms with Crippen molar-refractivity contribution >= 4 is 29.4 Å². The monoisotopic (exact) mass is 501 g/mol. The van der Waals surface area contributed by atoms with E-state index < -0.39 is 0 Å². The number of para-hydroxylation sites is 1. The number of carbonyl (C=O) groups is 1. The van der Waals surface area contributed by atoms with Gasteiger partial charge in [0.2, 0.25) is 5.91 Å². The molecule has 0 fully saturated rings. The van der Waals surface area contributed by atoms with Crippen LogP contribution < -0.4 is 14.8 Å². The number of ether oxygens (including phenoxy) is 2. The first kappa shape index (κ1) is 25.1. The highest BCUT2D eigenvalue weighted by molar-refractivity contribution is 6.31. The average molecular weight is 502 g/mol. The minimum Gasteiger partial charge on any atom is -0.496 e. The maximum atomic E-state index is 12.6. The van der Waals surface area contributed by atoms with Crippen molar-refractivity contribution in [1.82, 2.24) is 9.78 Å². The molecule has 4 aromatic rings. The van der Waals surface area contributed by atoms with Crippen LogP contribution >= 0.6 is 11.6 Å². The molecule has 7 heteroatoms. The number of benzene rings is 3. The topological polar surface area (TPSA) is 65.4 Å². The molecule has 0 aliphatic heterocycles. The van der Waals surface area contributed by atoms with Crippen LogP contribution in [-0.2, 0) is 17.9 Å². The molecule has 0 saturated heterocycles. The summed E-state index contributed by atoms with van der Waals surface area (Å²) in [6, 6.07) is 23.0. The van der Waals surface area contributed by atoms with Crippen LogP contribution in [-0.4, -0.2) is 22.8 Å². The molecule has 0 spiro atoms. The molecule has 0 unspecified atom stereocenters. The van der Waals surface area contributed by atoms with Crippen LogP contribution in [0.3, 0.4) is 0 Å². The Labute approximate surface area is 216 Å². The fourth-order valence-corrected chi connectivity index (χ4v) is 3.94. The first-order valence-corrected chi connectivity index (χ1v) is 11.9. The van der Waals surface area contributed by atoms with Gasteiger partial charge in [-0.1, -0.05) is 54.1 Å². The molecule has 184 valence electrons. The van der Waals surface area contributed by atoms with Crippen molar-refractivity contribution in [3.63, 3.8) is 0 Å². The van der Waals surface area contributed by atoms with Gasteiger partial charge in [0, 0.05) is 28.4 Å². The minimum atomic E-state index is -0.272. The summed E-state index contributed by atoms with van der Waals surface area (Å²) < 4.78 is 13.3. The Morgan fingerprint density at radius 1 is 1.00 bits per heavy atom. The summed E-state index contributed by atoms with van der Waals surface area (Å²) >= 11 is 6.27. The highest BCUT2D eigenvalue weighted by Crippen LogP contribution is 2.24. The summed E-state index contributed by atoms with van der Waals surface area (Å²) in [6.07, 6.45) is 3.23. The van der Waals surface area contributed by atoms with Gasteiger partial charge >= 0.3 is 0 Å². The van der Waals surface area contributed by atoms with Crippen molar-refractivity contribution in [3.05, 3.63) is 112 Å². The van der Waals surface area contributed by atoms with Gasteiger partial charge in [0.25, 0.3) is 0 Å². The number of aromatic nitrogens is 2. The number of halogens is 1. The van der Waals surface area contributed by atoms with Crippen molar-refractivity contribution in [2.75, 3.05) is 12.4 Å². The maximum Gasteiger partial charge on any atom is 0.249 e. The summed E-state index contributed by atoms with van der Waals surface area (Å²) in [6.45, 7) is 4.82. The van der Waals surface area contributed by atoms with Gasteiger partial charge in [-0.2, -0.15) is 5.10 Å². The second-order valence-corrected chi connectivity index (χ2v) is 8.78. The van der Waals surface area contributed by atoms with Gasteiger partial charge in [-0.15, -0.1) is 0 Å². The molecule has 3 aromatic carbocycles. The summed E-state index contributed by atoms with van der Waals surface area (Å²) in [5.74, 6) is 1.76. The summed E-state index contributed by atoms with van der Waals surface area (Å²) in [4.78, 5) is 12.6. The van der Waals surface area contributed by atoms with Crippen LogP contribution in [0, 0.1) is 13.8 Å². The zero-order chi connectivity index (χ0) is 25.5. The molecule has 0 saturated carbocycles.